The third-order valence-electron chi connectivity index (χ3n) is 6.31. The standard InChI is InChI=1S/C25H35N7O2/c1-17(2)31-14-21-22(15-31)29-24(32-12-13-34-16-18(32)3)30-23(21)19-6-8-20(9-7-19)28-25(33)27-11-5-10-26-4/h6-10,17-18H,5,11-16H2,1-4H3,(H2,27,28,33). The van der Waals surface area contributed by atoms with Gasteiger partial charge in [-0.05, 0) is 39.3 Å². The SMILES string of the molecule is CN=CCCNC(=O)Nc1ccc(-c2nc(N3CCOCC3C)nc3c2CN(C(C)C)C3)cc1. The third-order valence-corrected chi connectivity index (χ3v) is 6.31. The number of rotatable bonds is 7. The van der Waals surface area contributed by atoms with Gasteiger partial charge in [-0.25, -0.2) is 14.8 Å². The zero-order valence-corrected chi connectivity index (χ0v) is 20.5. The maximum Gasteiger partial charge on any atom is 0.319 e. The second-order valence-corrected chi connectivity index (χ2v) is 9.10. The zero-order valence-electron chi connectivity index (χ0n) is 20.5. The molecule has 9 heteroatoms. The second kappa shape index (κ2) is 10.9. The smallest absolute Gasteiger partial charge is 0.319 e. The first-order chi connectivity index (χ1) is 16.5. The van der Waals surface area contributed by atoms with Crippen molar-refractivity contribution in [3.8, 4) is 11.3 Å². The van der Waals surface area contributed by atoms with E-state index in [9.17, 15) is 4.79 Å². The first kappa shape index (κ1) is 24.1. The molecule has 0 spiro atoms. The van der Waals surface area contributed by atoms with Gasteiger partial charge in [0, 0.05) is 62.3 Å². The van der Waals surface area contributed by atoms with Gasteiger partial charge in [0.05, 0.1) is 30.6 Å². The highest BCUT2D eigenvalue weighted by Crippen LogP contribution is 2.34. The summed E-state index contributed by atoms with van der Waals surface area (Å²) in [5.74, 6) is 0.771. The number of carbonyl (C=O) groups excluding carboxylic acids is 1. The Hall–Kier alpha value is -3.04. The highest BCUT2D eigenvalue weighted by molar-refractivity contribution is 5.89. The normalized spacial score (nSPS) is 18.5. The Morgan fingerprint density at radius 1 is 1.26 bits per heavy atom. The molecule has 0 saturated carbocycles. The fraction of sp³-hybridized carbons (Fsp3) is 0.520. The number of urea groups is 1. The molecule has 2 aliphatic rings. The summed E-state index contributed by atoms with van der Waals surface area (Å²) >= 11 is 0. The minimum absolute atomic E-state index is 0.226. The number of hydrogen-bond acceptors (Lipinski definition) is 7. The summed E-state index contributed by atoms with van der Waals surface area (Å²) in [5.41, 5.74) is 5.02. The van der Waals surface area contributed by atoms with Gasteiger partial charge in [-0.15, -0.1) is 0 Å². The average molecular weight is 466 g/mol. The minimum Gasteiger partial charge on any atom is -0.377 e. The molecule has 1 unspecified atom stereocenters. The molecular formula is C25H35N7O2. The molecule has 182 valence electrons. The van der Waals surface area contributed by atoms with Gasteiger partial charge in [0.1, 0.15) is 0 Å². The van der Waals surface area contributed by atoms with Crippen molar-refractivity contribution in [1.82, 2.24) is 20.2 Å². The molecule has 2 aromatic rings. The van der Waals surface area contributed by atoms with Crippen LogP contribution in [0.1, 0.15) is 38.4 Å². The van der Waals surface area contributed by atoms with Gasteiger partial charge in [-0.3, -0.25) is 4.90 Å². The number of hydrogen-bond donors (Lipinski definition) is 2. The number of aromatic nitrogens is 2. The van der Waals surface area contributed by atoms with Gasteiger partial charge in [-0.1, -0.05) is 12.1 Å². The zero-order chi connectivity index (χ0) is 24.1. The highest BCUT2D eigenvalue weighted by Gasteiger charge is 2.30. The Balaban J connectivity index is 1.57. The van der Waals surface area contributed by atoms with Gasteiger partial charge in [-0.2, -0.15) is 0 Å². The second-order valence-electron chi connectivity index (χ2n) is 9.10. The number of nitrogens with one attached hydrogen (secondary N) is 2. The van der Waals surface area contributed by atoms with Crippen molar-refractivity contribution in [3.05, 3.63) is 35.5 Å². The van der Waals surface area contributed by atoms with Crippen LogP contribution in [0.4, 0.5) is 16.4 Å². The lowest BCUT2D eigenvalue weighted by atomic mass is 10.1. The Kier molecular flexibility index (Phi) is 7.74. The van der Waals surface area contributed by atoms with Crippen LogP contribution in [0.25, 0.3) is 11.3 Å². The number of nitrogens with zero attached hydrogens (tertiary/aromatic N) is 5. The molecule has 3 heterocycles. The van der Waals surface area contributed by atoms with Gasteiger partial charge >= 0.3 is 6.03 Å². The van der Waals surface area contributed by atoms with Crippen molar-refractivity contribution < 1.29 is 9.53 Å². The maximum atomic E-state index is 12.1. The average Bonchev–Trinajstić information content (AvgIpc) is 3.27. The van der Waals surface area contributed by atoms with E-state index in [4.69, 9.17) is 14.7 Å². The predicted molar refractivity (Wildman–Crippen MR) is 136 cm³/mol. The van der Waals surface area contributed by atoms with Crippen molar-refractivity contribution in [2.24, 2.45) is 4.99 Å². The van der Waals surface area contributed by atoms with Crippen LogP contribution in [0.2, 0.25) is 0 Å². The summed E-state index contributed by atoms with van der Waals surface area (Å²) in [6, 6.07) is 8.32. The van der Waals surface area contributed by atoms with Crippen LogP contribution in [0.15, 0.2) is 29.3 Å². The largest absolute Gasteiger partial charge is 0.377 e. The number of morpholine rings is 1. The van der Waals surface area contributed by atoms with E-state index in [0.717, 1.165) is 48.2 Å². The van der Waals surface area contributed by atoms with E-state index in [1.54, 1.807) is 13.3 Å². The molecule has 4 rings (SSSR count). The van der Waals surface area contributed by atoms with Crippen molar-refractivity contribution in [2.45, 2.75) is 52.4 Å². The number of ether oxygens (including phenoxy) is 1. The molecule has 1 aromatic heterocycles. The Morgan fingerprint density at radius 2 is 2.06 bits per heavy atom. The summed E-state index contributed by atoms with van der Waals surface area (Å²) in [4.78, 5) is 30.7. The van der Waals surface area contributed by atoms with E-state index < -0.39 is 0 Å². The van der Waals surface area contributed by atoms with E-state index in [0.29, 0.717) is 32.2 Å². The van der Waals surface area contributed by atoms with Gasteiger partial charge in [0.15, 0.2) is 0 Å². The molecule has 9 nitrogen and oxygen atoms in total. The molecule has 0 radical (unpaired) electrons. The fourth-order valence-corrected chi connectivity index (χ4v) is 4.29. The molecule has 1 atom stereocenters. The van der Waals surface area contributed by atoms with Crippen molar-refractivity contribution in [3.63, 3.8) is 0 Å². The Bertz CT molecular complexity index is 1020. The monoisotopic (exact) mass is 465 g/mol. The molecule has 2 N–H and O–H groups in total. The summed E-state index contributed by atoms with van der Waals surface area (Å²) < 4.78 is 5.62. The molecular weight excluding hydrogens is 430 g/mol. The molecule has 2 aliphatic heterocycles. The van der Waals surface area contributed by atoms with E-state index in [2.05, 4.69) is 46.2 Å². The van der Waals surface area contributed by atoms with E-state index in [-0.39, 0.29) is 12.1 Å². The van der Waals surface area contributed by atoms with Crippen LogP contribution in [0.3, 0.4) is 0 Å². The van der Waals surface area contributed by atoms with Crippen LogP contribution in [-0.4, -0.2) is 72.5 Å². The lowest BCUT2D eigenvalue weighted by Gasteiger charge is -2.33. The Morgan fingerprint density at radius 3 is 2.76 bits per heavy atom. The van der Waals surface area contributed by atoms with Crippen LogP contribution >= 0.6 is 0 Å². The first-order valence-corrected chi connectivity index (χ1v) is 12.0. The lowest BCUT2D eigenvalue weighted by Crippen LogP contribution is -2.44. The van der Waals surface area contributed by atoms with Gasteiger partial charge in [0.2, 0.25) is 5.95 Å². The first-order valence-electron chi connectivity index (χ1n) is 12.0. The summed E-state index contributed by atoms with van der Waals surface area (Å²) in [6.45, 7) is 10.9. The number of carbonyl (C=O) groups is 1. The number of anilines is 2. The van der Waals surface area contributed by atoms with E-state index >= 15 is 0 Å². The number of aliphatic imine (C=N–C) groups is 1. The van der Waals surface area contributed by atoms with Crippen molar-refractivity contribution >= 4 is 23.9 Å². The molecule has 1 saturated heterocycles. The van der Waals surface area contributed by atoms with Gasteiger partial charge < -0.3 is 25.3 Å². The highest BCUT2D eigenvalue weighted by atomic mass is 16.5. The summed E-state index contributed by atoms with van der Waals surface area (Å²) in [6.07, 6.45) is 2.49. The van der Waals surface area contributed by atoms with Crippen molar-refractivity contribution in [2.75, 3.05) is 43.6 Å². The summed E-state index contributed by atoms with van der Waals surface area (Å²) in [5, 5.41) is 5.71. The molecule has 1 aromatic carbocycles. The number of benzene rings is 1. The van der Waals surface area contributed by atoms with Crippen LogP contribution < -0.4 is 15.5 Å². The van der Waals surface area contributed by atoms with E-state index in [1.165, 1.54) is 5.56 Å². The topological polar surface area (TPSA) is 95.0 Å². The Labute approximate surface area is 201 Å². The van der Waals surface area contributed by atoms with E-state index in [1.807, 2.05) is 24.3 Å². The number of fused-ring (bicyclic) bond motifs is 1. The minimum atomic E-state index is -0.226. The fourth-order valence-electron chi connectivity index (χ4n) is 4.29. The third kappa shape index (κ3) is 5.53. The van der Waals surface area contributed by atoms with Crippen LogP contribution in [-0.2, 0) is 17.8 Å². The molecule has 1 fully saturated rings. The predicted octanol–water partition coefficient (Wildman–Crippen LogP) is 3.30. The quantitative estimate of drug-likeness (QED) is 0.481. The lowest BCUT2D eigenvalue weighted by molar-refractivity contribution is 0.0980. The maximum absolute atomic E-state index is 12.1. The molecule has 2 amide bonds. The molecule has 0 bridgehead atoms. The number of amides is 2. The molecule has 0 aliphatic carbocycles. The van der Waals surface area contributed by atoms with Gasteiger partial charge in [0.25, 0.3) is 0 Å². The van der Waals surface area contributed by atoms with Crippen LogP contribution in [0.5, 0.6) is 0 Å². The van der Waals surface area contributed by atoms with Crippen LogP contribution in [0, 0.1) is 0 Å². The summed E-state index contributed by atoms with van der Waals surface area (Å²) in [7, 11) is 1.72. The molecule has 34 heavy (non-hydrogen) atoms. The van der Waals surface area contributed by atoms with Crippen molar-refractivity contribution in [1.29, 1.82) is 0 Å².